The maximum atomic E-state index is 13.3. The SMILES string of the molecule is CCNCc1cc(F)ccc1N(C)C(C)CC. The second-order valence-electron chi connectivity index (χ2n) is 4.42. The van der Waals surface area contributed by atoms with Gasteiger partial charge in [-0.1, -0.05) is 13.8 Å². The van der Waals surface area contributed by atoms with Crippen LogP contribution in [0, 0.1) is 5.82 Å². The van der Waals surface area contributed by atoms with E-state index in [1.165, 1.54) is 6.07 Å². The number of halogens is 1. The van der Waals surface area contributed by atoms with E-state index in [4.69, 9.17) is 0 Å². The van der Waals surface area contributed by atoms with Gasteiger partial charge in [-0.3, -0.25) is 0 Å². The lowest BCUT2D eigenvalue weighted by atomic mass is 10.1. The zero-order valence-corrected chi connectivity index (χ0v) is 11.3. The van der Waals surface area contributed by atoms with Crippen LogP contribution < -0.4 is 10.2 Å². The van der Waals surface area contributed by atoms with Crippen molar-refractivity contribution in [1.29, 1.82) is 0 Å². The first kappa shape index (κ1) is 14.0. The van der Waals surface area contributed by atoms with Crippen molar-refractivity contribution in [1.82, 2.24) is 5.32 Å². The van der Waals surface area contributed by atoms with E-state index in [-0.39, 0.29) is 5.82 Å². The molecular weight excluding hydrogens is 215 g/mol. The lowest BCUT2D eigenvalue weighted by Gasteiger charge is -2.28. The van der Waals surface area contributed by atoms with E-state index in [1.54, 1.807) is 6.07 Å². The summed E-state index contributed by atoms with van der Waals surface area (Å²) < 4.78 is 13.3. The van der Waals surface area contributed by atoms with Crippen LogP contribution in [0.15, 0.2) is 18.2 Å². The van der Waals surface area contributed by atoms with Gasteiger partial charge in [0.15, 0.2) is 0 Å². The summed E-state index contributed by atoms with van der Waals surface area (Å²) in [6.45, 7) is 8.00. The van der Waals surface area contributed by atoms with Gasteiger partial charge in [-0.2, -0.15) is 0 Å². The Hall–Kier alpha value is -1.09. The minimum absolute atomic E-state index is 0.167. The average molecular weight is 238 g/mol. The fourth-order valence-corrected chi connectivity index (χ4v) is 1.81. The average Bonchev–Trinajstić information content (AvgIpc) is 2.34. The molecule has 0 aliphatic rings. The Kier molecular flexibility index (Phi) is 5.42. The number of rotatable bonds is 6. The van der Waals surface area contributed by atoms with Crippen molar-refractivity contribution in [3.63, 3.8) is 0 Å². The Bertz CT molecular complexity index is 352. The summed E-state index contributed by atoms with van der Waals surface area (Å²) in [6, 6.07) is 5.48. The molecule has 0 saturated carbocycles. The van der Waals surface area contributed by atoms with Crippen LogP contribution in [0.4, 0.5) is 10.1 Å². The van der Waals surface area contributed by atoms with E-state index < -0.39 is 0 Å². The molecule has 2 nitrogen and oxygen atoms in total. The van der Waals surface area contributed by atoms with Gasteiger partial charge >= 0.3 is 0 Å². The Balaban J connectivity index is 2.96. The smallest absolute Gasteiger partial charge is 0.123 e. The van der Waals surface area contributed by atoms with E-state index >= 15 is 0 Å². The molecule has 96 valence electrons. The van der Waals surface area contributed by atoms with Gasteiger partial charge < -0.3 is 10.2 Å². The van der Waals surface area contributed by atoms with Crippen molar-refractivity contribution >= 4 is 5.69 Å². The van der Waals surface area contributed by atoms with Crippen LogP contribution in [0.1, 0.15) is 32.8 Å². The molecule has 0 amide bonds. The molecular formula is C14H23FN2. The minimum atomic E-state index is -0.167. The normalized spacial score (nSPS) is 12.5. The van der Waals surface area contributed by atoms with E-state index in [0.717, 1.165) is 24.2 Å². The third-order valence-corrected chi connectivity index (χ3v) is 3.24. The molecule has 1 atom stereocenters. The molecule has 0 aromatic heterocycles. The fraction of sp³-hybridized carbons (Fsp3) is 0.571. The number of benzene rings is 1. The highest BCUT2D eigenvalue weighted by atomic mass is 19.1. The number of nitrogens with zero attached hydrogens (tertiary/aromatic N) is 1. The summed E-state index contributed by atoms with van der Waals surface area (Å²) in [7, 11) is 2.07. The second-order valence-corrected chi connectivity index (χ2v) is 4.42. The van der Waals surface area contributed by atoms with Crippen molar-refractivity contribution in [3.8, 4) is 0 Å². The Morgan fingerprint density at radius 3 is 2.65 bits per heavy atom. The number of hydrogen-bond donors (Lipinski definition) is 1. The molecule has 1 unspecified atom stereocenters. The standard InChI is InChI=1S/C14H23FN2/c1-5-11(3)17(4)14-8-7-13(15)9-12(14)10-16-6-2/h7-9,11,16H,5-6,10H2,1-4H3. The maximum Gasteiger partial charge on any atom is 0.123 e. The molecule has 1 N–H and O–H groups in total. The van der Waals surface area contributed by atoms with Gasteiger partial charge in [-0.05, 0) is 43.7 Å². The number of hydrogen-bond acceptors (Lipinski definition) is 2. The molecule has 1 aromatic carbocycles. The van der Waals surface area contributed by atoms with Gasteiger partial charge in [0.05, 0.1) is 0 Å². The molecule has 1 rings (SSSR count). The molecule has 0 bridgehead atoms. The first-order chi connectivity index (χ1) is 8.10. The van der Waals surface area contributed by atoms with Gasteiger partial charge in [0, 0.05) is 25.3 Å². The van der Waals surface area contributed by atoms with Gasteiger partial charge in [0.25, 0.3) is 0 Å². The lowest BCUT2D eigenvalue weighted by molar-refractivity contribution is 0.617. The first-order valence-corrected chi connectivity index (χ1v) is 6.32. The number of anilines is 1. The first-order valence-electron chi connectivity index (χ1n) is 6.32. The maximum absolute atomic E-state index is 13.3. The summed E-state index contributed by atoms with van der Waals surface area (Å²) in [5.41, 5.74) is 2.14. The molecule has 0 heterocycles. The van der Waals surface area contributed by atoms with Gasteiger partial charge in [-0.15, -0.1) is 0 Å². The van der Waals surface area contributed by atoms with E-state index in [1.807, 2.05) is 6.07 Å². The Morgan fingerprint density at radius 2 is 2.06 bits per heavy atom. The molecule has 0 fully saturated rings. The molecule has 0 aliphatic carbocycles. The van der Waals surface area contributed by atoms with Gasteiger partial charge in [0.1, 0.15) is 5.82 Å². The summed E-state index contributed by atoms with van der Waals surface area (Å²) in [4.78, 5) is 2.21. The summed E-state index contributed by atoms with van der Waals surface area (Å²) in [6.07, 6.45) is 1.08. The van der Waals surface area contributed by atoms with Crippen LogP contribution in [0.3, 0.4) is 0 Å². The van der Waals surface area contributed by atoms with Crippen molar-refractivity contribution in [2.75, 3.05) is 18.5 Å². The zero-order chi connectivity index (χ0) is 12.8. The quantitative estimate of drug-likeness (QED) is 0.819. The monoisotopic (exact) mass is 238 g/mol. The molecule has 0 spiro atoms. The predicted octanol–water partition coefficient (Wildman–Crippen LogP) is 3.17. The van der Waals surface area contributed by atoms with Gasteiger partial charge in [-0.25, -0.2) is 4.39 Å². The van der Waals surface area contributed by atoms with E-state index in [2.05, 4.69) is 38.0 Å². The van der Waals surface area contributed by atoms with Gasteiger partial charge in [0.2, 0.25) is 0 Å². The van der Waals surface area contributed by atoms with Crippen LogP contribution >= 0.6 is 0 Å². The van der Waals surface area contributed by atoms with Crippen molar-refractivity contribution in [3.05, 3.63) is 29.6 Å². The highest BCUT2D eigenvalue weighted by Crippen LogP contribution is 2.23. The molecule has 0 radical (unpaired) electrons. The molecule has 1 aromatic rings. The van der Waals surface area contributed by atoms with Crippen molar-refractivity contribution in [2.45, 2.75) is 39.8 Å². The Morgan fingerprint density at radius 1 is 1.35 bits per heavy atom. The third kappa shape index (κ3) is 3.70. The highest BCUT2D eigenvalue weighted by Gasteiger charge is 2.12. The third-order valence-electron chi connectivity index (χ3n) is 3.24. The molecule has 3 heteroatoms. The zero-order valence-electron chi connectivity index (χ0n) is 11.3. The second kappa shape index (κ2) is 6.60. The van der Waals surface area contributed by atoms with E-state index in [9.17, 15) is 4.39 Å². The largest absolute Gasteiger partial charge is 0.372 e. The molecule has 0 saturated heterocycles. The van der Waals surface area contributed by atoms with Crippen LogP contribution in [-0.2, 0) is 6.54 Å². The van der Waals surface area contributed by atoms with Crippen molar-refractivity contribution in [2.24, 2.45) is 0 Å². The van der Waals surface area contributed by atoms with Crippen LogP contribution in [0.5, 0.6) is 0 Å². The molecule has 0 aliphatic heterocycles. The van der Waals surface area contributed by atoms with E-state index in [0.29, 0.717) is 12.6 Å². The fourth-order valence-electron chi connectivity index (χ4n) is 1.81. The highest BCUT2D eigenvalue weighted by molar-refractivity contribution is 5.54. The van der Waals surface area contributed by atoms with Crippen molar-refractivity contribution < 1.29 is 4.39 Å². The van der Waals surface area contributed by atoms with Crippen LogP contribution in [0.2, 0.25) is 0 Å². The summed E-state index contributed by atoms with van der Waals surface area (Å²) in [5.74, 6) is -0.167. The minimum Gasteiger partial charge on any atom is -0.372 e. The van der Waals surface area contributed by atoms with Crippen LogP contribution in [-0.4, -0.2) is 19.6 Å². The lowest BCUT2D eigenvalue weighted by Crippen LogP contribution is -2.29. The predicted molar refractivity (Wildman–Crippen MR) is 71.9 cm³/mol. The molecule has 17 heavy (non-hydrogen) atoms. The summed E-state index contributed by atoms with van der Waals surface area (Å²) in [5, 5.41) is 3.25. The Labute approximate surface area is 104 Å². The number of nitrogens with one attached hydrogen (secondary N) is 1. The summed E-state index contributed by atoms with van der Waals surface area (Å²) >= 11 is 0. The topological polar surface area (TPSA) is 15.3 Å². The van der Waals surface area contributed by atoms with Crippen LogP contribution in [0.25, 0.3) is 0 Å².